The molecule has 0 saturated heterocycles. The van der Waals surface area contributed by atoms with Crippen molar-refractivity contribution >= 4 is 17.5 Å². The van der Waals surface area contributed by atoms with Crippen LogP contribution in [0.1, 0.15) is 17.3 Å². The molecule has 0 aliphatic rings. The van der Waals surface area contributed by atoms with E-state index in [4.69, 9.17) is 9.47 Å². The van der Waals surface area contributed by atoms with E-state index in [9.17, 15) is 14.7 Å². The molecule has 2 amide bonds. The molecule has 2 aromatic carbocycles. The highest BCUT2D eigenvalue weighted by atomic mass is 16.5. The van der Waals surface area contributed by atoms with Gasteiger partial charge in [-0.1, -0.05) is 12.1 Å². The number of carbonyl (C=O) groups excluding carboxylic acids is 2. The van der Waals surface area contributed by atoms with Gasteiger partial charge in [0, 0.05) is 35.7 Å². The first-order chi connectivity index (χ1) is 12.9. The molecule has 2 rings (SSSR count). The summed E-state index contributed by atoms with van der Waals surface area (Å²) >= 11 is 0. The van der Waals surface area contributed by atoms with Gasteiger partial charge in [0.25, 0.3) is 5.91 Å². The summed E-state index contributed by atoms with van der Waals surface area (Å²) in [5, 5.41) is 12.3. The van der Waals surface area contributed by atoms with Gasteiger partial charge in [-0.25, -0.2) is 0 Å². The zero-order valence-corrected chi connectivity index (χ0v) is 15.2. The van der Waals surface area contributed by atoms with Gasteiger partial charge >= 0.3 is 0 Å². The van der Waals surface area contributed by atoms with E-state index < -0.39 is 11.8 Å². The fourth-order valence-electron chi connectivity index (χ4n) is 2.18. The molecule has 0 atom stereocenters. The Hall–Kier alpha value is -3.68. The van der Waals surface area contributed by atoms with Crippen molar-refractivity contribution < 1.29 is 24.2 Å². The van der Waals surface area contributed by atoms with E-state index in [1.54, 1.807) is 37.3 Å². The molecule has 0 aromatic heterocycles. The first-order valence-electron chi connectivity index (χ1n) is 7.99. The Labute approximate surface area is 156 Å². The normalized spacial score (nSPS) is 10.7. The van der Waals surface area contributed by atoms with E-state index in [-0.39, 0.29) is 11.3 Å². The number of amides is 2. The Balaban J connectivity index is 1.96. The average molecular weight is 371 g/mol. The van der Waals surface area contributed by atoms with Crippen LogP contribution in [0.4, 0.5) is 5.69 Å². The van der Waals surface area contributed by atoms with Crippen molar-refractivity contribution in [3.8, 4) is 17.2 Å². The molecule has 0 saturated carbocycles. The molecule has 8 heteroatoms. The summed E-state index contributed by atoms with van der Waals surface area (Å²) in [5.74, 6) is 0.00543. The van der Waals surface area contributed by atoms with Crippen molar-refractivity contribution in [2.75, 3.05) is 19.5 Å². The van der Waals surface area contributed by atoms with Gasteiger partial charge in [-0.15, -0.1) is 0 Å². The zero-order valence-electron chi connectivity index (χ0n) is 15.2. The number of methoxy groups -OCH3 is 2. The molecule has 8 nitrogen and oxygen atoms in total. The number of carbonyl (C=O) groups is 2. The molecule has 27 heavy (non-hydrogen) atoms. The van der Waals surface area contributed by atoms with Gasteiger partial charge in [0.1, 0.15) is 17.2 Å². The van der Waals surface area contributed by atoms with Crippen molar-refractivity contribution in [3.63, 3.8) is 0 Å². The highest BCUT2D eigenvalue weighted by Gasteiger charge is 2.10. The van der Waals surface area contributed by atoms with Crippen LogP contribution in [0.5, 0.6) is 17.2 Å². The predicted octanol–water partition coefficient (Wildman–Crippen LogP) is 2.19. The van der Waals surface area contributed by atoms with Crippen LogP contribution >= 0.6 is 0 Å². The largest absolute Gasteiger partial charge is 0.507 e. The minimum atomic E-state index is -0.529. The van der Waals surface area contributed by atoms with E-state index in [0.29, 0.717) is 22.9 Å². The van der Waals surface area contributed by atoms with Gasteiger partial charge in [-0.2, -0.15) is 0 Å². The minimum Gasteiger partial charge on any atom is -0.507 e. The first kappa shape index (κ1) is 19.6. The van der Waals surface area contributed by atoms with Crippen LogP contribution in [-0.4, -0.2) is 31.1 Å². The molecule has 0 radical (unpaired) electrons. The fourth-order valence-corrected chi connectivity index (χ4v) is 2.18. The summed E-state index contributed by atoms with van der Waals surface area (Å²) in [6.45, 7) is 1.61. The number of anilines is 1. The number of hydrazine groups is 1. The number of ether oxygens (including phenoxy) is 2. The van der Waals surface area contributed by atoms with Crippen molar-refractivity contribution in [1.82, 2.24) is 10.9 Å². The molecule has 142 valence electrons. The molecule has 0 unspecified atom stereocenters. The van der Waals surface area contributed by atoms with Crippen LogP contribution in [0.25, 0.3) is 0 Å². The number of benzene rings is 2. The summed E-state index contributed by atoms with van der Waals surface area (Å²) in [7, 11) is 3.03. The summed E-state index contributed by atoms with van der Waals surface area (Å²) in [5.41, 5.74) is 6.03. The molecule has 2 aromatic rings. The Morgan fingerprint density at radius 3 is 2.22 bits per heavy atom. The van der Waals surface area contributed by atoms with Gasteiger partial charge in [-0.05, 0) is 19.1 Å². The Morgan fingerprint density at radius 1 is 1.00 bits per heavy atom. The summed E-state index contributed by atoms with van der Waals surface area (Å²) < 4.78 is 10.3. The second-order valence-electron chi connectivity index (χ2n) is 5.51. The maximum Gasteiger partial charge on any atom is 0.273 e. The number of allylic oxidation sites excluding steroid dienone is 1. The van der Waals surface area contributed by atoms with Gasteiger partial charge in [-0.3, -0.25) is 15.0 Å². The van der Waals surface area contributed by atoms with Crippen LogP contribution in [0, 0.1) is 0 Å². The lowest BCUT2D eigenvalue weighted by molar-refractivity contribution is -0.112. The molecule has 0 heterocycles. The molecular weight excluding hydrogens is 350 g/mol. The van der Waals surface area contributed by atoms with Gasteiger partial charge in [0.2, 0.25) is 5.91 Å². The Bertz CT molecular complexity index is 842. The third-order valence-electron chi connectivity index (χ3n) is 3.49. The number of para-hydroxylation sites is 1. The quantitative estimate of drug-likeness (QED) is 0.439. The number of phenols is 1. The van der Waals surface area contributed by atoms with E-state index in [1.807, 2.05) is 0 Å². The molecule has 0 bridgehead atoms. The molecule has 0 spiro atoms. The third kappa shape index (κ3) is 5.67. The Kier molecular flexibility index (Phi) is 6.65. The van der Waals surface area contributed by atoms with E-state index in [2.05, 4.69) is 16.2 Å². The number of rotatable bonds is 7. The van der Waals surface area contributed by atoms with Gasteiger partial charge in [0.15, 0.2) is 0 Å². The topological polar surface area (TPSA) is 109 Å². The van der Waals surface area contributed by atoms with Crippen molar-refractivity contribution in [2.45, 2.75) is 6.92 Å². The summed E-state index contributed by atoms with van der Waals surface area (Å²) in [6.07, 6.45) is 1.27. The highest BCUT2D eigenvalue weighted by molar-refractivity contribution is 6.00. The molecule has 4 N–H and O–H groups in total. The van der Waals surface area contributed by atoms with Crippen LogP contribution in [0.15, 0.2) is 54.2 Å². The minimum absolute atomic E-state index is 0.116. The van der Waals surface area contributed by atoms with Crippen molar-refractivity contribution in [1.29, 1.82) is 0 Å². The lowest BCUT2D eigenvalue weighted by Crippen LogP contribution is -2.36. The third-order valence-corrected chi connectivity index (χ3v) is 3.49. The summed E-state index contributed by atoms with van der Waals surface area (Å²) in [6, 6.07) is 11.1. The molecule has 0 aliphatic carbocycles. The monoisotopic (exact) mass is 371 g/mol. The van der Waals surface area contributed by atoms with E-state index in [1.165, 1.54) is 32.4 Å². The standard InChI is InChI=1S/C19H21N3O5/c1-12(21-22-19(25)16-6-4-5-7-17(16)23)8-18(24)20-13-9-14(26-2)11-15(10-13)27-3/h4-11,21,23H,1-3H3,(H,20,24)(H,22,25)/b12-8+. The Morgan fingerprint density at radius 2 is 1.63 bits per heavy atom. The number of aromatic hydroxyl groups is 1. The number of hydrogen-bond donors (Lipinski definition) is 4. The van der Waals surface area contributed by atoms with Gasteiger partial charge in [0.05, 0.1) is 19.8 Å². The van der Waals surface area contributed by atoms with E-state index >= 15 is 0 Å². The van der Waals surface area contributed by atoms with Crippen molar-refractivity contribution in [3.05, 3.63) is 59.8 Å². The van der Waals surface area contributed by atoms with Crippen LogP contribution < -0.4 is 25.6 Å². The van der Waals surface area contributed by atoms with Crippen molar-refractivity contribution in [2.24, 2.45) is 0 Å². The van der Waals surface area contributed by atoms with Gasteiger partial charge < -0.3 is 25.3 Å². The zero-order chi connectivity index (χ0) is 19.8. The lowest BCUT2D eigenvalue weighted by Gasteiger charge is -2.11. The smallest absolute Gasteiger partial charge is 0.273 e. The second-order valence-corrected chi connectivity index (χ2v) is 5.51. The SMILES string of the molecule is COc1cc(NC(=O)/C=C(\C)NNC(=O)c2ccccc2O)cc(OC)c1. The number of nitrogens with one attached hydrogen (secondary N) is 3. The average Bonchev–Trinajstić information content (AvgIpc) is 2.65. The van der Waals surface area contributed by atoms with Crippen LogP contribution in [0.2, 0.25) is 0 Å². The maximum atomic E-state index is 12.1. The number of hydrogen-bond acceptors (Lipinski definition) is 6. The number of phenolic OH excluding ortho intramolecular Hbond substituents is 1. The van der Waals surface area contributed by atoms with E-state index in [0.717, 1.165) is 0 Å². The molecular formula is C19H21N3O5. The van der Waals surface area contributed by atoms with Crippen LogP contribution in [-0.2, 0) is 4.79 Å². The second kappa shape index (κ2) is 9.14. The maximum absolute atomic E-state index is 12.1. The predicted molar refractivity (Wildman–Crippen MR) is 101 cm³/mol. The lowest BCUT2D eigenvalue weighted by atomic mass is 10.2. The molecule has 0 aliphatic heterocycles. The fraction of sp³-hybridized carbons (Fsp3) is 0.158. The highest BCUT2D eigenvalue weighted by Crippen LogP contribution is 2.25. The van der Waals surface area contributed by atoms with Crippen LogP contribution in [0.3, 0.4) is 0 Å². The summed E-state index contributed by atoms with van der Waals surface area (Å²) in [4.78, 5) is 24.1. The first-order valence-corrected chi connectivity index (χ1v) is 7.99. The molecule has 0 fully saturated rings.